The maximum absolute atomic E-state index is 3.53. The van der Waals surface area contributed by atoms with Gasteiger partial charge in [-0.2, -0.15) is 0 Å². The van der Waals surface area contributed by atoms with E-state index in [4.69, 9.17) is 0 Å². The van der Waals surface area contributed by atoms with Crippen molar-refractivity contribution in [2.75, 3.05) is 6.54 Å². The lowest BCUT2D eigenvalue weighted by Gasteiger charge is -2.24. The summed E-state index contributed by atoms with van der Waals surface area (Å²) >= 11 is 0. The van der Waals surface area contributed by atoms with Gasteiger partial charge >= 0.3 is 0 Å². The van der Waals surface area contributed by atoms with E-state index in [2.05, 4.69) is 46.9 Å². The van der Waals surface area contributed by atoms with Crippen LogP contribution in [0.1, 0.15) is 60.8 Å². The zero-order valence-corrected chi connectivity index (χ0v) is 11.6. The molecular formula is C14H31N. The van der Waals surface area contributed by atoms with Crippen LogP contribution < -0.4 is 5.32 Å². The van der Waals surface area contributed by atoms with E-state index in [0.29, 0.717) is 6.04 Å². The van der Waals surface area contributed by atoms with Gasteiger partial charge in [0.15, 0.2) is 0 Å². The van der Waals surface area contributed by atoms with Crippen LogP contribution in [-0.4, -0.2) is 12.6 Å². The van der Waals surface area contributed by atoms with Gasteiger partial charge in [-0.25, -0.2) is 0 Å². The van der Waals surface area contributed by atoms with Gasteiger partial charge in [-0.05, 0) is 30.7 Å². The van der Waals surface area contributed by atoms with Gasteiger partial charge in [-0.1, -0.05) is 54.4 Å². The SMILES string of the molecule is CCCC(C)CC(C)C(C)CNC(C)C. The number of hydrogen-bond donors (Lipinski definition) is 1. The Morgan fingerprint density at radius 3 is 2.00 bits per heavy atom. The van der Waals surface area contributed by atoms with Gasteiger partial charge in [0.2, 0.25) is 0 Å². The summed E-state index contributed by atoms with van der Waals surface area (Å²) in [6.07, 6.45) is 4.09. The number of rotatable bonds is 8. The molecule has 15 heavy (non-hydrogen) atoms. The van der Waals surface area contributed by atoms with Gasteiger partial charge in [-0.15, -0.1) is 0 Å². The Hall–Kier alpha value is -0.0400. The second-order valence-corrected chi connectivity index (χ2v) is 5.65. The summed E-state index contributed by atoms with van der Waals surface area (Å²) in [7, 11) is 0. The first-order valence-electron chi connectivity index (χ1n) is 6.70. The molecule has 0 saturated carbocycles. The highest BCUT2D eigenvalue weighted by Gasteiger charge is 2.15. The molecule has 0 spiro atoms. The van der Waals surface area contributed by atoms with Crippen LogP contribution in [0, 0.1) is 17.8 Å². The first kappa shape index (κ1) is 15.0. The maximum atomic E-state index is 3.53. The summed E-state index contributed by atoms with van der Waals surface area (Å²) < 4.78 is 0. The average molecular weight is 213 g/mol. The average Bonchev–Trinajstić information content (AvgIpc) is 2.14. The van der Waals surface area contributed by atoms with E-state index in [1.165, 1.54) is 19.3 Å². The van der Waals surface area contributed by atoms with E-state index in [0.717, 1.165) is 24.3 Å². The van der Waals surface area contributed by atoms with E-state index in [1.807, 2.05) is 0 Å². The molecule has 0 bridgehead atoms. The summed E-state index contributed by atoms with van der Waals surface area (Å²) in [6, 6.07) is 0.618. The highest BCUT2D eigenvalue weighted by molar-refractivity contribution is 4.68. The molecule has 0 aromatic heterocycles. The zero-order valence-electron chi connectivity index (χ0n) is 11.6. The van der Waals surface area contributed by atoms with E-state index in [1.54, 1.807) is 0 Å². The van der Waals surface area contributed by atoms with Gasteiger partial charge in [-0.3, -0.25) is 0 Å². The molecule has 1 heteroatoms. The predicted octanol–water partition coefficient (Wildman–Crippen LogP) is 4.08. The summed E-state index contributed by atoms with van der Waals surface area (Å²) in [5.41, 5.74) is 0. The molecule has 0 saturated heterocycles. The lowest BCUT2D eigenvalue weighted by molar-refractivity contribution is 0.290. The quantitative estimate of drug-likeness (QED) is 0.640. The van der Waals surface area contributed by atoms with Crippen LogP contribution in [0.4, 0.5) is 0 Å². The van der Waals surface area contributed by atoms with Crippen molar-refractivity contribution < 1.29 is 0 Å². The molecule has 3 unspecified atom stereocenters. The van der Waals surface area contributed by atoms with Crippen molar-refractivity contribution in [3.05, 3.63) is 0 Å². The lowest BCUT2D eigenvalue weighted by atomic mass is 9.86. The van der Waals surface area contributed by atoms with E-state index in [-0.39, 0.29) is 0 Å². The summed E-state index contributed by atoms with van der Waals surface area (Å²) in [6.45, 7) is 15.1. The van der Waals surface area contributed by atoms with Crippen molar-refractivity contribution in [1.29, 1.82) is 0 Å². The van der Waals surface area contributed by atoms with Gasteiger partial charge in [0.25, 0.3) is 0 Å². The molecule has 0 aromatic carbocycles. The van der Waals surface area contributed by atoms with Gasteiger partial charge in [0.05, 0.1) is 0 Å². The molecule has 0 radical (unpaired) electrons. The Kier molecular flexibility index (Phi) is 8.13. The molecule has 0 fully saturated rings. The minimum Gasteiger partial charge on any atom is -0.314 e. The van der Waals surface area contributed by atoms with Crippen LogP contribution in [-0.2, 0) is 0 Å². The number of hydrogen-bond acceptors (Lipinski definition) is 1. The topological polar surface area (TPSA) is 12.0 Å². The fourth-order valence-corrected chi connectivity index (χ4v) is 2.10. The number of nitrogens with one attached hydrogen (secondary N) is 1. The molecular weight excluding hydrogens is 182 g/mol. The summed E-state index contributed by atoms with van der Waals surface area (Å²) in [5.74, 6) is 2.54. The van der Waals surface area contributed by atoms with Crippen LogP contribution in [0.15, 0.2) is 0 Å². The Morgan fingerprint density at radius 1 is 0.933 bits per heavy atom. The van der Waals surface area contributed by atoms with E-state index >= 15 is 0 Å². The predicted molar refractivity (Wildman–Crippen MR) is 70.2 cm³/mol. The molecule has 0 rings (SSSR count). The monoisotopic (exact) mass is 213 g/mol. The molecule has 0 aliphatic rings. The first-order chi connectivity index (χ1) is 6.97. The third-order valence-corrected chi connectivity index (χ3v) is 3.38. The Labute approximate surface area is 97.0 Å². The van der Waals surface area contributed by atoms with Crippen molar-refractivity contribution in [3.8, 4) is 0 Å². The molecule has 0 heterocycles. The molecule has 1 N–H and O–H groups in total. The van der Waals surface area contributed by atoms with Gasteiger partial charge < -0.3 is 5.32 Å². The fraction of sp³-hybridized carbons (Fsp3) is 1.00. The first-order valence-corrected chi connectivity index (χ1v) is 6.70. The van der Waals surface area contributed by atoms with E-state index < -0.39 is 0 Å². The molecule has 0 aromatic rings. The smallest absolute Gasteiger partial charge is 0.00104 e. The Bertz CT molecular complexity index is 142. The second kappa shape index (κ2) is 8.15. The summed E-state index contributed by atoms with van der Waals surface area (Å²) in [5, 5.41) is 3.53. The van der Waals surface area contributed by atoms with Crippen molar-refractivity contribution in [2.45, 2.75) is 66.8 Å². The minimum atomic E-state index is 0.618. The largest absolute Gasteiger partial charge is 0.314 e. The van der Waals surface area contributed by atoms with Crippen LogP contribution in [0.5, 0.6) is 0 Å². The van der Waals surface area contributed by atoms with Crippen molar-refractivity contribution in [1.82, 2.24) is 5.32 Å². The molecule has 92 valence electrons. The van der Waals surface area contributed by atoms with Crippen LogP contribution in [0.2, 0.25) is 0 Å². The van der Waals surface area contributed by atoms with Crippen LogP contribution >= 0.6 is 0 Å². The normalized spacial score (nSPS) is 17.8. The van der Waals surface area contributed by atoms with Crippen LogP contribution in [0.3, 0.4) is 0 Å². The lowest BCUT2D eigenvalue weighted by Crippen LogP contribution is -2.30. The fourth-order valence-electron chi connectivity index (χ4n) is 2.10. The standard InChI is InChI=1S/C14H31N/c1-7-8-12(4)9-13(5)14(6)10-15-11(2)3/h11-15H,7-10H2,1-6H3. The van der Waals surface area contributed by atoms with Gasteiger partial charge in [0, 0.05) is 6.04 Å². The van der Waals surface area contributed by atoms with E-state index in [9.17, 15) is 0 Å². The van der Waals surface area contributed by atoms with Crippen molar-refractivity contribution in [2.24, 2.45) is 17.8 Å². The molecule has 0 aliphatic heterocycles. The maximum Gasteiger partial charge on any atom is 0.00104 e. The summed E-state index contributed by atoms with van der Waals surface area (Å²) in [4.78, 5) is 0. The third-order valence-electron chi connectivity index (χ3n) is 3.38. The highest BCUT2D eigenvalue weighted by atomic mass is 14.9. The molecule has 0 amide bonds. The molecule has 3 atom stereocenters. The molecule has 0 aliphatic carbocycles. The van der Waals surface area contributed by atoms with Crippen LogP contribution in [0.25, 0.3) is 0 Å². The van der Waals surface area contributed by atoms with Crippen molar-refractivity contribution in [3.63, 3.8) is 0 Å². The minimum absolute atomic E-state index is 0.618. The van der Waals surface area contributed by atoms with Gasteiger partial charge in [0.1, 0.15) is 0 Å². The Balaban J connectivity index is 3.72. The Morgan fingerprint density at radius 2 is 1.53 bits per heavy atom. The van der Waals surface area contributed by atoms with Crippen molar-refractivity contribution >= 4 is 0 Å². The highest BCUT2D eigenvalue weighted by Crippen LogP contribution is 2.22. The third kappa shape index (κ3) is 7.84. The zero-order chi connectivity index (χ0) is 11.8. The second-order valence-electron chi connectivity index (χ2n) is 5.65. The molecule has 1 nitrogen and oxygen atoms in total.